The second-order valence-corrected chi connectivity index (χ2v) is 4.61. The SMILES string of the molecule is Cn1cc2c(C=O)ccc(N3CCC(=O)NC3=O)c2n1. The molecule has 0 radical (unpaired) electrons. The standard InChI is InChI=1S/C13H12N4O3/c1-16-6-9-8(7-18)2-3-10(12(9)15-16)17-5-4-11(19)14-13(17)20/h2-3,6-7H,4-5H2,1H3,(H,14,19,20). The number of nitrogens with zero attached hydrogens (tertiary/aromatic N) is 3. The first-order valence-electron chi connectivity index (χ1n) is 6.13. The third-order valence-corrected chi connectivity index (χ3v) is 3.27. The normalized spacial score (nSPS) is 15.6. The van der Waals surface area contributed by atoms with Gasteiger partial charge in [0, 0.05) is 37.2 Å². The molecule has 3 amide bonds. The van der Waals surface area contributed by atoms with E-state index >= 15 is 0 Å². The minimum absolute atomic E-state index is 0.246. The molecule has 20 heavy (non-hydrogen) atoms. The Morgan fingerprint density at radius 3 is 2.85 bits per heavy atom. The minimum Gasteiger partial charge on any atom is -0.298 e. The second kappa shape index (κ2) is 4.44. The number of aryl methyl sites for hydroxylation is 1. The summed E-state index contributed by atoms with van der Waals surface area (Å²) in [6, 6.07) is 2.86. The molecule has 1 saturated heterocycles. The Bertz CT molecular complexity index is 735. The molecule has 0 atom stereocenters. The number of aldehydes is 1. The highest BCUT2D eigenvalue weighted by Gasteiger charge is 2.26. The molecule has 0 aliphatic carbocycles. The van der Waals surface area contributed by atoms with Gasteiger partial charge in [0.1, 0.15) is 5.52 Å². The lowest BCUT2D eigenvalue weighted by atomic mass is 10.1. The number of aromatic nitrogens is 2. The average molecular weight is 272 g/mol. The maximum absolute atomic E-state index is 11.9. The number of nitrogens with one attached hydrogen (secondary N) is 1. The van der Waals surface area contributed by atoms with Crippen LogP contribution in [0.4, 0.5) is 10.5 Å². The molecule has 1 N–H and O–H groups in total. The van der Waals surface area contributed by atoms with Crippen molar-refractivity contribution >= 4 is 34.8 Å². The highest BCUT2D eigenvalue weighted by Crippen LogP contribution is 2.28. The maximum atomic E-state index is 11.9. The van der Waals surface area contributed by atoms with Crippen LogP contribution >= 0.6 is 0 Å². The summed E-state index contributed by atoms with van der Waals surface area (Å²) in [5, 5.41) is 7.26. The molecule has 0 spiro atoms. The van der Waals surface area contributed by atoms with Gasteiger partial charge in [-0.25, -0.2) is 4.79 Å². The summed E-state index contributed by atoms with van der Waals surface area (Å²) in [6.07, 6.45) is 2.73. The Labute approximate surface area is 114 Å². The van der Waals surface area contributed by atoms with Gasteiger partial charge in [-0.05, 0) is 12.1 Å². The van der Waals surface area contributed by atoms with Crippen molar-refractivity contribution in [2.24, 2.45) is 7.05 Å². The maximum Gasteiger partial charge on any atom is 0.328 e. The summed E-state index contributed by atoms with van der Waals surface area (Å²) in [6.45, 7) is 0.302. The molecule has 0 bridgehead atoms. The fraction of sp³-hybridized carbons (Fsp3) is 0.231. The van der Waals surface area contributed by atoms with Crippen molar-refractivity contribution in [1.29, 1.82) is 0 Å². The van der Waals surface area contributed by atoms with Crippen molar-refractivity contribution in [3.05, 3.63) is 23.9 Å². The van der Waals surface area contributed by atoms with Crippen LogP contribution in [0.25, 0.3) is 10.9 Å². The summed E-state index contributed by atoms with van der Waals surface area (Å²) < 4.78 is 1.59. The van der Waals surface area contributed by atoms with Gasteiger partial charge in [-0.1, -0.05) is 0 Å². The van der Waals surface area contributed by atoms with Crippen LogP contribution in [0.1, 0.15) is 16.8 Å². The smallest absolute Gasteiger partial charge is 0.298 e. The first kappa shape index (κ1) is 12.3. The van der Waals surface area contributed by atoms with Gasteiger partial charge in [0.05, 0.1) is 5.69 Å². The third-order valence-electron chi connectivity index (χ3n) is 3.27. The first-order valence-corrected chi connectivity index (χ1v) is 6.13. The Morgan fingerprint density at radius 2 is 2.15 bits per heavy atom. The zero-order valence-corrected chi connectivity index (χ0v) is 10.8. The summed E-state index contributed by atoms with van der Waals surface area (Å²) in [4.78, 5) is 35.6. The molecule has 1 aromatic carbocycles. The molecule has 7 heteroatoms. The van der Waals surface area contributed by atoms with Crippen LogP contribution in [0.3, 0.4) is 0 Å². The molecule has 3 rings (SSSR count). The van der Waals surface area contributed by atoms with E-state index in [2.05, 4.69) is 10.4 Å². The minimum atomic E-state index is -0.466. The van der Waals surface area contributed by atoms with Crippen LogP contribution in [0, 0.1) is 0 Å². The van der Waals surface area contributed by atoms with Gasteiger partial charge in [0.2, 0.25) is 5.91 Å². The lowest BCUT2D eigenvalue weighted by molar-refractivity contribution is -0.120. The van der Waals surface area contributed by atoms with E-state index in [4.69, 9.17) is 0 Å². The van der Waals surface area contributed by atoms with Crippen LogP contribution in [0.2, 0.25) is 0 Å². The van der Waals surface area contributed by atoms with Gasteiger partial charge in [-0.3, -0.25) is 24.5 Å². The average Bonchev–Trinajstić information content (AvgIpc) is 2.79. The van der Waals surface area contributed by atoms with Crippen molar-refractivity contribution in [3.63, 3.8) is 0 Å². The lowest BCUT2D eigenvalue weighted by Crippen LogP contribution is -2.49. The molecule has 0 unspecified atom stereocenters. The summed E-state index contributed by atoms with van der Waals surface area (Å²) in [5.74, 6) is -0.284. The number of rotatable bonds is 2. The van der Waals surface area contributed by atoms with E-state index in [1.807, 2.05) is 0 Å². The topological polar surface area (TPSA) is 84.3 Å². The molecule has 2 aromatic rings. The molecular formula is C13H12N4O3. The number of amides is 3. The van der Waals surface area contributed by atoms with Crippen molar-refractivity contribution in [2.75, 3.05) is 11.4 Å². The number of fused-ring (bicyclic) bond motifs is 1. The highest BCUT2D eigenvalue weighted by atomic mass is 16.2. The number of urea groups is 1. The predicted molar refractivity (Wildman–Crippen MR) is 71.6 cm³/mol. The van der Waals surface area contributed by atoms with Gasteiger partial charge in [0.15, 0.2) is 6.29 Å². The van der Waals surface area contributed by atoms with E-state index in [0.29, 0.717) is 28.7 Å². The Kier molecular flexibility index (Phi) is 2.74. The van der Waals surface area contributed by atoms with Crippen molar-refractivity contribution < 1.29 is 14.4 Å². The van der Waals surface area contributed by atoms with E-state index in [0.717, 1.165) is 6.29 Å². The lowest BCUT2D eigenvalue weighted by Gasteiger charge is -2.26. The van der Waals surface area contributed by atoms with Gasteiger partial charge in [-0.15, -0.1) is 0 Å². The third kappa shape index (κ3) is 1.83. The van der Waals surface area contributed by atoms with E-state index in [1.54, 1.807) is 30.1 Å². The summed E-state index contributed by atoms with van der Waals surface area (Å²) in [7, 11) is 1.75. The number of carbonyl (C=O) groups excluding carboxylic acids is 3. The molecule has 2 heterocycles. The van der Waals surface area contributed by atoms with E-state index in [-0.39, 0.29) is 12.3 Å². The van der Waals surface area contributed by atoms with Crippen LogP contribution in [-0.2, 0) is 11.8 Å². The zero-order valence-electron chi connectivity index (χ0n) is 10.8. The van der Waals surface area contributed by atoms with Crippen molar-refractivity contribution in [2.45, 2.75) is 6.42 Å². The largest absolute Gasteiger partial charge is 0.328 e. The first-order chi connectivity index (χ1) is 9.60. The fourth-order valence-corrected chi connectivity index (χ4v) is 2.34. The molecule has 1 fully saturated rings. The molecule has 1 aliphatic rings. The Balaban J connectivity index is 2.14. The van der Waals surface area contributed by atoms with Gasteiger partial charge < -0.3 is 0 Å². The van der Waals surface area contributed by atoms with Gasteiger partial charge in [0.25, 0.3) is 0 Å². The van der Waals surface area contributed by atoms with Crippen LogP contribution in [-0.4, -0.2) is 34.5 Å². The molecule has 0 saturated carbocycles. The van der Waals surface area contributed by atoms with Crippen molar-refractivity contribution in [3.8, 4) is 0 Å². The number of anilines is 1. The molecule has 1 aromatic heterocycles. The number of hydrogen-bond acceptors (Lipinski definition) is 4. The zero-order chi connectivity index (χ0) is 14.3. The monoisotopic (exact) mass is 272 g/mol. The molecule has 102 valence electrons. The number of carbonyl (C=O) groups is 3. The molecular weight excluding hydrogens is 260 g/mol. The van der Waals surface area contributed by atoms with E-state index < -0.39 is 6.03 Å². The van der Waals surface area contributed by atoms with E-state index in [9.17, 15) is 14.4 Å². The van der Waals surface area contributed by atoms with Crippen LogP contribution in [0.15, 0.2) is 18.3 Å². The fourth-order valence-electron chi connectivity index (χ4n) is 2.34. The van der Waals surface area contributed by atoms with Crippen molar-refractivity contribution in [1.82, 2.24) is 15.1 Å². The van der Waals surface area contributed by atoms with Crippen LogP contribution in [0.5, 0.6) is 0 Å². The highest BCUT2D eigenvalue weighted by molar-refractivity contribution is 6.11. The predicted octanol–water partition coefficient (Wildman–Crippen LogP) is 0.832. The Morgan fingerprint density at radius 1 is 1.35 bits per heavy atom. The molecule has 7 nitrogen and oxygen atoms in total. The second-order valence-electron chi connectivity index (χ2n) is 4.61. The van der Waals surface area contributed by atoms with E-state index in [1.165, 1.54) is 4.90 Å². The number of hydrogen-bond donors (Lipinski definition) is 1. The summed E-state index contributed by atoms with van der Waals surface area (Å²) in [5.41, 5.74) is 1.68. The quantitative estimate of drug-likeness (QED) is 0.821. The number of benzene rings is 1. The van der Waals surface area contributed by atoms with Gasteiger partial charge in [-0.2, -0.15) is 5.10 Å². The molecule has 1 aliphatic heterocycles. The van der Waals surface area contributed by atoms with Crippen LogP contribution < -0.4 is 10.2 Å². The Hall–Kier alpha value is -2.70. The summed E-state index contributed by atoms with van der Waals surface area (Å²) >= 11 is 0. The van der Waals surface area contributed by atoms with Gasteiger partial charge >= 0.3 is 6.03 Å². The number of imide groups is 1.